The van der Waals surface area contributed by atoms with Gasteiger partial charge < -0.3 is 0 Å². The van der Waals surface area contributed by atoms with Crippen LogP contribution >= 0.6 is 11.6 Å². The standard InChI is InChI=1S/C20H19ClN6O4S/c1-20(2,3)17-11-18-22-19(24-26(18)23-17)12-4-6-13(7-5-12)25-32(30,31)14-8-9-15(21)16(10-14)27(28)29/h4-11,23,25H,1-3H3. The molecule has 4 aromatic rings. The van der Waals surface area contributed by atoms with Gasteiger partial charge in [0, 0.05) is 34.5 Å². The quantitative estimate of drug-likeness (QED) is 0.325. The van der Waals surface area contributed by atoms with Crippen molar-refractivity contribution < 1.29 is 13.3 Å². The molecule has 4 rings (SSSR count). The fraction of sp³-hybridized carbons (Fsp3) is 0.200. The van der Waals surface area contributed by atoms with Crippen molar-refractivity contribution in [1.29, 1.82) is 0 Å². The van der Waals surface area contributed by atoms with Gasteiger partial charge in [0.25, 0.3) is 15.7 Å². The van der Waals surface area contributed by atoms with Gasteiger partial charge in [0.05, 0.1) is 9.82 Å². The molecule has 32 heavy (non-hydrogen) atoms. The first-order valence-electron chi connectivity index (χ1n) is 9.47. The Hall–Kier alpha value is -3.44. The lowest BCUT2D eigenvalue weighted by Gasteiger charge is -2.14. The summed E-state index contributed by atoms with van der Waals surface area (Å²) in [7, 11) is -4.05. The van der Waals surface area contributed by atoms with Gasteiger partial charge >= 0.3 is 0 Å². The Kier molecular flexibility index (Phi) is 5.18. The minimum atomic E-state index is -4.05. The van der Waals surface area contributed by atoms with Gasteiger partial charge in [0.1, 0.15) is 5.02 Å². The molecule has 12 heteroatoms. The van der Waals surface area contributed by atoms with E-state index in [1.54, 1.807) is 28.9 Å². The molecular weight excluding hydrogens is 456 g/mol. The van der Waals surface area contributed by atoms with E-state index in [0.717, 1.165) is 11.8 Å². The van der Waals surface area contributed by atoms with Gasteiger partial charge in [-0.15, -0.1) is 5.10 Å². The molecule has 0 radical (unpaired) electrons. The molecule has 0 saturated carbocycles. The molecule has 2 aromatic heterocycles. The summed E-state index contributed by atoms with van der Waals surface area (Å²) in [5.41, 5.74) is 2.12. The topological polar surface area (TPSA) is 135 Å². The first-order chi connectivity index (χ1) is 14.9. The minimum Gasteiger partial charge on any atom is -0.280 e. The number of fused-ring (bicyclic) bond motifs is 1. The van der Waals surface area contributed by atoms with Crippen LogP contribution in [0, 0.1) is 10.1 Å². The van der Waals surface area contributed by atoms with Crippen molar-refractivity contribution in [2.45, 2.75) is 31.1 Å². The van der Waals surface area contributed by atoms with Crippen LogP contribution in [-0.2, 0) is 15.4 Å². The number of nitrogens with one attached hydrogen (secondary N) is 2. The van der Waals surface area contributed by atoms with Crippen LogP contribution in [0.15, 0.2) is 53.4 Å². The number of benzene rings is 2. The second kappa shape index (κ2) is 7.61. The van der Waals surface area contributed by atoms with Crippen molar-refractivity contribution in [2.75, 3.05) is 4.72 Å². The van der Waals surface area contributed by atoms with E-state index in [4.69, 9.17) is 11.6 Å². The number of anilines is 1. The van der Waals surface area contributed by atoms with E-state index in [1.165, 1.54) is 12.1 Å². The van der Waals surface area contributed by atoms with Crippen molar-refractivity contribution in [1.82, 2.24) is 19.8 Å². The lowest BCUT2D eigenvalue weighted by atomic mass is 9.93. The van der Waals surface area contributed by atoms with Crippen LogP contribution in [0.4, 0.5) is 11.4 Å². The Labute approximate surface area is 188 Å². The number of nitro groups is 1. The van der Waals surface area contributed by atoms with Crippen molar-refractivity contribution in [2.24, 2.45) is 0 Å². The number of hydrogen-bond acceptors (Lipinski definition) is 6. The highest BCUT2D eigenvalue weighted by Crippen LogP contribution is 2.29. The summed E-state index contributed by atoms with van der Waals surface area (Å²) in [4.78, 5) is 14.5. The van der Waals surface area contributed by atoms with Gasteiger partial charge in [0.2, 0.25) is 0 Å². The Bertz CT molecular complexity index is 1400. The van der Waals surface area contributed by atoms with Gasteiger partial charge in [-0.1, -0.05) is 32.4 Å². The summed E-state index contributed by atoms with van der Waals surface area (Å²) in [5.74, 6) is 0.486. The van der Waals surface area contributed by atoms with Gasteiger partial charge in [0.15, 0.2) is 11.5 Å². The summed E-state index contributed by atoms with van der Waals surface area (Å²) >= 11 is 5.76. The fourth-order valence-corrected chi connectivity index (χ4v) is 4.25. The monoisotopic (exact) mass is 474 g/mol. The Morgan fingerprint density at radius 2 is 1.81 bits per heavy atom. The lowest BCUT2D eigenvalue weighted by Crippen LogP contribution is -2.13. The van der Waals surface area contributed by atoms with Gasteiger partial charge in [-0.05, 0) is 36.4 Å². The number of rotatable bonds is 5. The molecule has 0 unspecified atom stereocenters. The summed E-state index contributed by atoms with van der Waals surface area (Å²) < 4.78 is 29.3. The second-order valence-electron chi connectivity index (χ2n) is 8.18. The molecule has 0 spiro atoms. The lowest BCUT2D eigenvalue weighted by molar-refractivity contribution is -0.384. The van der Waals surface area contributed by atoms with Crippen LogP contribution in [-0.4, -0.2) is 33.2 Å². The van der Waals surface area contributed by atoms with Crippen molar-refractivity contribution in [3.05, 3.63) is 69.4 Å². The molecule has 166 valence electrons. The fourth-order valence-electron chi connectivity index (χ4n) is 2.98. The molecule has 2 heterocycles. The highest BCUT2D eigenvalue weighted by Gasteiger charge is 2.21. The van der Waals surface area contributed by atoms with Crippen LogP contribution in [0.25, 0.3) is 17.0 Å². The van der Waals surface area contributed by atoms with Crippen molar-refractivity contribution in [3.8, 4) is 11.4 Å². The molecule has 0 aliphatic rings. The number of hydrogen-bond donors (Lipinski definition) is 2. The van der Waals surface area contributed by atoms with E-state index in [9.17, 15) is 18.5 Å². The number of nitro benzene ring substituents is 1. The normalized spacial score (nSPS) is 12.2. The maximum absolute atomic E-state index is 12.6. The van der Waals surface area contributed by atoms with Crippen molar-refractivity contribution in [3.63, 3.8) is 0 Å². The second-order valence-corrected chi connectivity index (χ2v) is 10.3. The third kappa shape index (κ3) is 4.16. The smallest absolute Gasteiger partial charge is 0.280 e. The third-order valence-electron chi connectivity index (χ3n) is 4.76. The average Bonchev–Trinajstić information content (AvgIpc) is 3.27. The van der Waals surface area contributed by atoms with Crippen LogP contribution < -0.4 is 4.72 Å². The molecule has 0 amide bonds. The van der Waals surface area contributed by atoms with E-state index in [-0.39, 0.29) is 21.0 Å². The van der Waals surface area contributed by atoms with Crippen LogP contribution in [0.1, 0.15) is 26.5 Å². The third-order valence-corrected chi connectivity index (χ3v) is 6.46. The molecule has 0 fully saturated rings. The molecule has 0 aliphatic heterocycles. The molecule has 0 atom stereocenters. The Morgan fingerprint density at radius 3 is 2.41 bits per heavy atom. The molecule has 0 aliphatic carbocycles. The van der Waals surface area contributed by atoms with Gasteiger partial charge in [-0.25, -0.2) is 13.4 Å². The molecule has 0 saturated heterocycles. The van der Waals surface area contributed by atoms with Crippen molar-refractivity contribution >= 4 is 38.6 Å². The van der Waals surface area contributed by atoms with Crippen LogP contribution in [0.3, 0.4) is 0 Å². The highest BCUT2D eigenvalue weighted by atomic mass is 35.5. The predicted molar refractivity (Wildman–Crippen MR) is 120 cm³/mol. The minimum absolute atomic E-state index is 0.0636. The Morgan fingerprint density at radius 1 is 1.12 bits per heavy atom. The molecule has 0 bridgehead atoms. The van der Waals surface area contributed by atoms with E-state index in [2.05, 4.69) is 40.7 Å². The number of aromatic amines is 1. The first kappa shape index (κ1) is 21.8. The molecule has 2 N–H and O–H groups in total. The molecule has 10 nitrogen and oxygen atoms in total. The summed E-state index contributed by atoms with van der Waals surface area (Å²) in [6.07, 6.45) is 0. The first-order valence-corrected chi connectivity index (χ1v) is 11.3. The number of aromatic nitrogens is 4. The molecule has 2 aromatic carbocycles. The van der Waals surface area contributed by atoms with Crippen LogP contribution in [0.5, 0.6) is 0 Å². The highest BCUT2D eigenvalue weighted by molar-refractivity contribution is 7.92. The van der Waals surface area contributed by atoms with E-state index in [1.807, 2.05) is 6.07 Å². The number of halogens is 1. The van der Waals surface area contributed by atoms with Gasteiger partial charge in [-0.3, -0.25) is 19.9 Å². The summed E-state index contributed by atoms with van der Waals surface area (Å²) in [5, 5.41) is 18.5. The zero-order valence-electron chi connectivity index (χ0n) is 17.3. The summed E-state index contributed by atoms with van der Waals surface area (Å²) in [6, 6.07) is 11.7. The van der Waals surface area contributed by atoms with E-state index >= 15 is 0 Å². The number of sulfonamides is 1. The van der Waals surface area contributed by atoms with Gasteiger partial charge in [-0.2, -0.15) is 4.63 Å². The maximum atomic E-state index is 12.6. The molecular formula is C20H19ClN6O4S. The zero-order valence-corrected chi connectivity index (χ0v) is 18.9. The number of nitrogens with zero attached hydrogens (tertiary/aromatic N) is 4. The van der Waals surface area contributed by atoms with Crippen LogP contribution in [0.2, 0.25) is 5.02 Å². The zero-order chi connectivity index (χ0) is 23.3. The largest absolute Gasteiger partial charge is 0.289 e. The Balaban J connectivity index is 1.56. The SMILES string of the molecule is CC(C)(C)c1cc2nc(-c3ccc(NS(=O)(=O)c4ccc(Cl)c([N+](=O)[O-])c4)cc3)nn2[nH]1. The predicted octanol–water partition coefficient (Wildman–Crippen LogP) is 4.38. The number of H-pyrrole nitrogens is 1. The van der Waals surface area contributed by atoms with E-state index < -0.39 is 20.6 Å². The summed E-state index contributed by atoms with van der Waals surface area (Å²) in [6.45, 7) is 6.25. The average molecular weight is 475 g/mol. The maximum Gasteiger partial charge on any atom is 0.289 e. The van der Waals surface area contributed by atoms with E-state index in [0.29, 0.717) is 17.0 Å².